The van der Waals surface area contributed by atoms with Crippen molar-refractivity contribution in [1.29, 1.82) is 0 Å². The smallest absolute Gasteiger partial charge is 0.473 e. The third kappa shape index (κ3) is 11.8. The maximum absolute atomic E-state index is 13.4. The molecule has 2 N–H and O–H groups in total. The summed E-state index contributed by atoms with van der Waals surface area (Å²) >= 11 is 0. The first-order chi connectivity index (χ1) is 20.3. The summed E-state index contributed by atoms with van der Waals surface area (Å²) in [5.41, 5.74) is 1.41. The number of amides is 1. The Labute approximate surface area is 245 Å². The number of aliphatic carboxylic acids is 2. The molecule has 236 valence electrons. The van der Waals surface area contributed by atoms with Gasteiger partial charge in [0, 0.05) is 38.6 Å². The van der Waals surface area contributed by atoms with Gasteiger partial charge in [-0.1, -0.05) is 24.3 Å². The van der Waals surface area contributed by atoms with Gasteiger partial charge in [-0.05, 0) is 55.2 Å². The number of carboxylic acids is 2. The number of rotatable bonds is 9. The van der Waals surface area contributed by atoms with Crippen LogP contribution in [-0.4, -0.2) is 88.9 Å². The van der Waals surface area contributed by atoms with Crippen molar-refractivity contribution in [2.75, 3.05) is 26.2 Å². The number of carbonyl (C=O) groups is 3. The van der Waals surface area contributed by atoms with Crippen molar-refractivity contribution in [2.24, 2.45) is 0 Å². The van der Waals surface area contributed by atoms with Crippen molar-refractivity contribution in [1.82, 2.24) is 9.80 Å². The van der Waals surface area contributed by atoms with Gasteiger partial charge >= 0.3 is 18.3 Å². The summed E-state index contributed by atoms with van der Waals surface area (Å²) in [5, 5.41) is 14.8. The standard InChI is InChI=1S/C27H32F4N2O4.C2H2O4/c1-19-18-35-26(36-19)12-15-32-13-10-23(11-14-32)33(17-21-2-6-22(28)7-3-21)25(34)16-20-4-8-24(9-5-20)37-27(29,30)31;3-1(4)2(5)6/h2-9,19,23,26H,10-18H2,1H3;(H,3,4)(H,5,6). The summed E-state index contributed by atoms with van der Waals surface area (Å²) in [6.45, 7) is 5.43. The highest BCUT2D eigenvalue weighted by Gasteiger charge is 2.32. The van der Waals surface area contributed by atoms with Gasteiger partial charge in [0.25, 0.3) is 0 Å². The second-order valence-corrected chi connectivity index (χ2v) is 10.2. The van der Waals surface area contributed by atoms with Crippen molar-refractivity contribution in [2.45, 2.75) is 63.9 Å². The van der Waals surface area contributed by atoms with Crippen LogP contribution in [0.1, 0.15) is 37.3 Å². The fourth-order valence-electron chi connectivity index (χ4n) is 4.77. The first-order valence-electron chi connectivity index (χ1n) is 13.6. The predicted molar refractivity (Wildman–Crippen MR) is 143 cm³/mol. The van der Waals surface area contributed by atoms with Crippen molar-refractivity contribution in [3.63, 3.8) is 0 Å². The van der Waals surface area contributed by atoms with Gasteiger partial charge in [0.15, 0.2) is 6.29 Å². The first kappa shape index (κ1) is 33.7. The zero-order chi connectivity index (χ0) is 31.6. The monoisotopic (exact) mass is 614 g/mol. The molecule has 2 unspecified atom stereocenters. The number of ether oxygens (including phenoxy) is 3. The van der Waals surface area contributed by atoms with Gasteiger partial charge < -0.3 is 34.2 Å². The molecule has 0 bridgehead atoms. The average molecular weight is 615 g/mol. The van der Waals surface area contributed by atoms with Gasteiger partial charge in [-0.15, -0.1) is 13.2 Å². The lowest BCUT2D eigenvalue weighted by atomic mass is 10.0. The highest BCUT2D eigenvalue weighted by atomic mass is 19.4. The summed E-state index contributed by atoms with van der Waals surface area (Å²) in [6, 6.07) is 11.4. The van der Waals surface area contributed by atoms with E-state index in [1.165, 1.54) is 36.4 Å². The lowest BCUT2D eigenvalue weighted by molar-refractivity contribution is -0.274. The lowest BCUT2D eigenvalue weighted by Crippen LogP contribution is -2.48. The zero-order valence-electron chi connectivity index (χ0n) is 23.5. The Morgan fingerprint density at radius 1 is 0.977 bits per heavy atom. The van der Waals surface area contributed by atoms with Gasteiger partial charge in [-0.25, -0.2) is 14.0 Å². The molecule has 4 rings (SSSR count). The second-order valence-electron chi connectivity index (χ2n) is 10.2. The Morgan fingerprint density at radius 2 is 1.56 bits per heavy atom. The topological polar surface area (TPSA) is 126 Å². The zero-order valence-corrected chi connectivity index (χ0v) is 23.5. The molecule has 0 spiro atoms. The average Bonchev–Trinajstić information content (AvgIpc) is 3.37. The number of hydrogen-bond acceptors (Lipinski definition) is 7. The minimum atomic E-state index is -4.77. The maximum Gasteiger partial charge on any atom is 0.573 e. The van der Waals surface area contributed by atoms with Crippen LogP contribution >= 0.6 is 0 Å². The van der Waals surface area contributed by atoms with Crippen LogP contribution in [0.15, 0.2) is 48.5 Å². The van der Waals surface area contributed by atoms with Crippen LogP contribution in [0.5, 0.6) is 5.75 Å². The Kier molecular flexibility index (Phi) is 12.3. The number of alkyl halides is 3. The molecular formula is C29H34F4N2O8. The molecule has 43 heavy (non-hydrogen) atoms. The molecule has 0 saturated carbocycles. The minimum absolute atomic E-state index is 0.000594. The van der Waals surface area contributed by atoms with E-state index in [1.54, 1.807) is 12.1 Å². The molecule has 2 fully saturated rings. The SMILES string of the molecule is CC1COC(CCN2CCC(N(Cc3ccc(F)cc3)C(=O)Cc3ccc(OC(F)(F)F)cc3)CC2)O1.O=C(O)C(=O)O. The molecule has 10 nitrogen and oxygen atoms in total. The molecule has 1 amide bonds. The fourth-order valence-corrected chi connectivity index (χ4v) is 4.77. The third-order valence-electron chi connectivity index (χ3n) is 6.86. The number of halogens is 4. The quantitative estimate of drug-likeness (QED) is 0.318. The minimum Gasteiger partial charge on any atom is -0.473 e. The van der Waals surface area contributed by atoms with E-state index in [4.69, 9.17) is 29.3 Å². The number of nitrogens with zero attached hydrogens (tertiary/aromatic N) is 2. The molecule has 0 aliphatic carbocycles. The maximum atomic E-state index is 13.4. The summed E-state index contributed by atoms with van der Waals surface area (Å²) in [6.07, 6.45) is -2.41. The normalized spacial score (nSPS) is 19.3. The molecule has 2 aliphatic rings. The lowest BCUT2D eigenvalue weighted by Gasteiger charge is -2.39. The number of benzene rings is 2. The molecular weight excluding hydrogens is 580 g/mol. The highest BCUT2D eigenvalue weighted by Crippen LogP contribution is 2.25. The molecule has 2 heterocycles. The van der Waals surface area contributed by atoms with Crippen LogP contribution in [-0.2, 0) is 36.8 Å². The number of likely N-dealkylation sites (tertiary alicyclic amines) is 1. The van der Waals surface area contributed by atoms with E-state index >= 15 is 0 Å². The molecule has 0 radical (unpaired) electrons. The van der Waals surface area contributed by atoms with E-state index < -0.39 is 18.3 Å². The van der Waals surface area contributed by atoms with Gasteiger partial charge in [0.2, 0.25) is 5.91 Å². The van der Waals surface area contributed by atoms with Crippen LogP contribution in [0.2, 0.25) is 0 Å². The van der Waals surface area contributed by atoms with Crippen molar-refractivity contribution in [3.8, 4) is 5.75 Å². The van der Waals surface area contributed by atoms with Crippen molar-refractivity contribution < 1.29 is 56.4 Å². The number of hydrogen-bond donors (Lipinski definition) is 2. The van der Waals surface area contributed by atoms with Crippen molar-refractivity contribution >= 4 is 17.8 Å². The largest absolute Gasteiger partial charge is 0.573 e. The van der Waals surface area contributed by atoms with E-state index in [-0.39, 0.29) is 42.3 Å². The number of carbonyl (C=O) groups excluding carboxylic acids is 1. The number of piperidine rings is 1. The Bertz CT molecular complexity index is 1190. The number of carboxylic acid groups (broad SMARTS) is 2. The first-order valence-corrected chi connectivity index (χ1v) is 13.6. The van der Waals surface area contributed by atoms with Crippen LogP contribution in [0.3, 0.4) is 0 Å². The summed E-state index contributed by atoms with van der Waals surface area (Å²) in [7, 11) is 0. The molecule has 0 aromatic heterocycles. The third-order valence-corrected chi connectivity index (χ3v) is 6.86. The van der Waals surface area contributed by atoms with E-state index in [2.05, 4.69) is 9.64 Å². The van der Waals surface area contributed by atoms with E-state index in [9.17, 15) is 22.4 Å². The Morgan fingerprint density at radius 3 is 2.07 bits per heavy atom. The van der Waals surface area contributed by atoms with Crippen LogP contribution in [0, 0.1) is 5.82 Å². The van der Waals surface area contributed by atoms with Gasteiger partial charge in [-0.2, -0.15) is 0 Å². The van der Waals surface area contributed by atoms with Crippen LogP contribution in [0.4, 0.5) is 17.6 Å². The predicted octanol–water partition coefficient (Wildman–Crippen LogP) is 4.07. The van der Waals surface area contributed by atoms with Gasteiger partial charge in [-0.3, -0.25) is 4.79 Å². The Balaban J connectivity index is 0.000000765. The molecule has 2 aromatic rings. The molecule has 14 heteroatoms. The highest BCUT2D eigenvalue weighted by molar-refractivity contribution is 6.27. The molecule has 2 aliphatic heterocycles. The molecule has 2 atom stereocenters. The fraction of sp³-hybridized carbons (Fsp3) is 0.483. The summed E-state index contributed by atoms with van der Waals surface area (Å²) in [5.74, 6) is -4.46. The van der Waals surface area contributed by atoms with E-state index in [1.807, 2.05) is 11.8 Å². The summed E-state index contributed by atoms with van der Waals surface area (Å²) in [4.78, 5) is 35.8. The van der Waals surface area contributed by atoms with E-state index in [0.29, 0.717) is 18.7 Å². The second kappa shape index (κ2) is 15.6. The van der Waals surface area contributed by atoms with E-state index in [0.717, 1.165) is 44.5 Å². The Hall–Kier alpha value is -3.75. The summed E-state index contributed by atoms with van der Waals surface area (Å²) < 4.78 is 66.0. The molecule has 2 saturated heterocycles. The van der Waals surface area contributed by atoms with Crippen LogP contribution < -0.4 is 4.74 Å². The van der Waals surface area contributed by atoms with Crippen LogP contribution in [0.25, 0.3) is 0 Å². The molecule has 2 aromatic carbocycles. The van der Waals surface area contributed by atoms with Gasteiger partial charge in [0.1, 0.15) is 11.6 Å². The van der Waals surface area contributed by atoms with Gasteiger partial charge in [0.05, 0.1) is 19.1 Å². The van der Waals surface area contributed by atoms with Crippen molar-refractivity contribution in [3.05, 3.63) is 65.5 Å².